The van der Waals surface area contributed by atoms with Crippen molar-refractivity contribution in [1.82, 2.24) is 14.6 Å². The lowest BCUT2D eigenvalue weighted by atomic mass is 9.97. The number of hydrogen-bond acceptors (Lipinski definition) is 4. The van der Waals surface area contributed by atoms with Gasteiger partial charge in [0.1, 0.15) is 0 Å². The van der Waals surface area contributed by atoms with E-state index in [1.54, 1.807) is 30.6 Å². The summed E-state index contributed by atoms with van der Waals surface area (Å²) in [6.45, 7) is 3.04. The monoisotopic (exact) mass is 373 g/mol. The Morgan fingerprint density at radius 3 is 2.65 bits per heavy atom. The summed E-state index contributed by atoms with van der Waals surface area (Å²) >= 11 is 0. The Morgan fingerprint density at radius 1 is 1.23 bits per heavy atom. The molecule has 0 atom stereocenters. The second-order valence-corrected chi connectivity index (χ2v) is 8.51. The lowest BCUT2D eigenvalue weighted by Gasteiger charge is -2.30. The molecule has 2 heterocycles. The van der Waals surface area contributed by atoms with Crippen LogP contribution in [0.3, 0.4) is 0 Å². The van der Waals surface area contributed by atoms with Crippen molar-refractivity contribution in [3.05, 3.63) is 59.9 Å². The van der Waals surface area contributed by atoms with Gasteiger partial charge in [-0.05, 0) is 49.1 Å². The number of amides is 1. The normalized spacial score (nSPS) is 16.3. The van der Waals surface area contributed by atoms with Crippen LogP contribution in [0.5, 0.6) is 0 Å². The van der Waals surface area contributed by atoms with E-state index >= 15 is 0 Å². The highest BCUT2D eigenvalue weighted by atomic mass is 32.2. The third-order valence-electron chi connectivity index (χ3n) is 4.64. The van der Waals surface area contributed by atoms with E-state index in [4.69, 9.17) is 0 Å². The zero-order valence-corrected chi connectivity index (χ0v) is 15.6. The SMILES string of the molecule is Cc1cccc(S(=O)(=O)N2CCC(C(=O)NCc3cccnc3)CC2)c1. The first kappa shape index (κ1) is 18.5. The van der Waals surface area contributed by atoms with Gasteiger partial charge >= 0.3 is 0 Å². The summed E-state index contributed by atoms with van der Waals surface area (Å²) in [7, 11) is -3.50. The van der Waals surface area contributed by atoms with E-state index in [2.05, 4.69) is 10.3 Å². The smallest absolute Gasteiger partial charge is 0.243 e. The molecule has 26 heavy (non-hydrogen) atoms. The molecule has 1 aromatic carbocycles. The number of hydrogen-bond donors (Lipinski definition) is 1. The fraction of sp³-hybridized carbons (Fsp3) is 0.368. The van der Waals surface area contributed by atoms with Crippen molar-refractivity contribution < 1.29 is 13.2 Å². The molecule has 1 aromatic heterocycles. The highest BCUT2D eigenvalue weighted by Gasteiger charge is 2.32. The summed E-state index contributed by atoms with van der Waals surface area (Å²) in [6, 6.07) is 10.7. The first-order valence-corrected chi connectivity index (χ1v) is 10.1. The van der Waals surface area contributed by atoms with Crippen LogP contribution in [0.1, 0.15) is 24.0 Å². The maximum atomic E-state index is 12.7. The van der Waals surface area contributed by atoms with Crippen LogP contribution in [-0.4, -0.2) is 36.7 Å². The summed E-state index contributed by atoms with van der Waals surface area (Å²) in [6.07, 6.45) is 4.47. The molecular formula is C19H23N3O3S. The second kappa shape index (κ2) is 7.97. The third kappa shape index (κ3) is 4.28. The number of carbonyl (C=O) groups is 1. The molecule has 0 unspecified atom stereocenters. The average molecular weight is 373 g/mol. The molecule has 1 N–H and O–H groups in total. The van der Waals surface area contributed by atoms with Gasteiger partial charge in [0.05, 0.1) is 4.90 Å². The number of sulfonamides is 1. The maximum absolute atomic E-state index is 12.7. The summed E-state index contributed by atoms with van der Waals surface area (Å²) < 4.78 is 27.0. The Kier molecular flexibility index (Phi) is 5.68. The molecule has 0 saturated carbocycles. The van der Waals surface area contributed by atoms with Gasteiger partial charge in [-0.25, -0.2) is 8.42 Å². The first-order chi connectivity index (χ1) is 12.5. The number of piperidine rings is 1. The lowest BCUT2D eigenvalue weighted by Crippen LogP contribution is -2.42. The number of nitrogens with one attached hydrogen (secondary N) is 1. The molecule has 2 aromatic rings. The molecular weight excluding hydrogens is 350 g/mol. The Bertz CT molecular complexity index is 861. The van der Waals surface area contributed by atoms with E-state index in [9.17, 15) is 13.2 Å². The van der Waals surface area contributed by atoms with Gasteiger partial charge in [-0.3, -0.25) is 9.78 Å². The van der Waals surface area contributed by atoms with Gasteiger partial charge in [-0.1, -0.05) is 18.2 Å². The molecule has 138 valence electrons. The molecule has 1 fully saturated rings. The molecule has 1 aliphatic heterocycles. The van der Waals surface area contributed by atoms with Gasteiger partial charge in [0.15, 0.2) is 0 Å². The van der Waals surface area contributed by atoms with Crippen molar-refractivity contribution in [3.63, 3.8) is 0 Å². The van der Waals surface area contributed by atoms with Gasteiger partial charge in [-0.2, -0.15) is 4.31 Å². The van der Waals surface area contributed by atoms with Crippen molar-refractivity contribution in [3.8, 4) is 0 Å². The van der Waals surface area contributed by atoms with E-state index in [0.29, 0.717) is 37.4 Å². The minimum atomic E-state index is -3.50. The van der Waals surface area contributed by atoms with Crippen LogP contribution in [0.4, 0.5) is 0 Å². The largest absolute Gasteiger partial charge is 0.352 e. The van der Waals surface area contributed by atoms with Gasteiger partial charge in [0.25, 0.3) is 0 Å². The number of benzene rings is 1. The Balaban J connectivity index is 1.56. The summed E-state index contributed by atoms with van der Waals surface area (Å²) in [4.78, 5) is 16.7. The minimum absolute atomic E-state index is 0.0264. The highest BCUT2D eigenvalue weighted by molar-refractivity contribution is 7.89. The van der Waals surface area contributed by atoms with Gasteiger partial charge in [0.2, 0.25) is 15.9 Å². The van der Waals surface area contributed by atoms with Crippen molar-refractivity contribution in [2.24, 2.45) is 5.92 Å². The minimum Gasteiger partial charge on any atom is -0.352 e. The Hall–Kier alpha value is -2.25. The van der Waals surface area contributed by atoms with Gasteiger partial charge < -0.3 is 5.32 Å². The third-order valence-corrected chi connectivity index (χ3v) is 6.54. The zero-order valence-electron chi connectivity index (χ0n) is 14.8. The van der Waals surface area contributed by atoms with E-state index in [1.807, 2.05) is 25.1 Å². The van der Waals surface area contributed by atoms with Crippen LogP contribution < -0.4 is 5.32 Å². The number of nitrogens with zero attached hydrogens (tertiary/aromatic N) is 2. The van der Waals surface area contributed by atoms with E-state index in [1.165, 1.54) is 4.31 Å². The first-order valence-electron chi connectivity index (χ1n) is 8.70. The van der Waals surface area contributed by atoms with Crippen LogP contribution >= 0.6 is 0 Å². The molecule has 1 amide bonds. The highest BCUT2D eigenvalue weighted by Crippen LogP contribution is 2.24. The van der Waals surface area contributed by atoms with E-state index in [0.717, 1.165) is 11.1 Å². The van der Waals surface area contributed by atoms with Crippen LogP contribution in [-0.2, 0) is 21.4 Å². The summed E-state index contributed by atoms with van der Waals surface area (Å²) in [5.74, 6) is -0.183. The van der Waals surface area contributed by atoms with E-state index in [-0.39, 0.29) is 11.8 Å². The molecule has 0 spiro atoms. The molecule has 6 nitrogen and oxygen atoms in total. The molecule has 1 saturated heterocycles. The molecule has 0 bridgehead atoms. The summed E-state index contributed by atoms with van der Waals surface area (Å²) in [5.41, 5.74) is 1.86. The predicted molar refractivity (Wildman–Crippen MR) is 98.7 cm³/mol. The quantitative estimate of drug-likeness (QED) is 0.871. The fourth-order valence-corrected chi connectivity index (χ4v) is 4.69. The van der Waals surface area contributed by atoms with Gasteiger partial charge in [0, 0.05) is 37.9 Å². The average Bonchev–Trinajstić information content (AvgIpc) is 2.67. The van der Waals surface area contributed by atoms with Crippen LogP contribution in [0.15, 0.2) is 53.7 Å². The molecule has 0 aliphatic carbocycles. The number of aryl methyl sites for hydroxylation is 1. The standard InChI is InChI=1S/C19H23N3O3S/c1-15-4-2-6-18(12-15)26(24,25)22-10-7-17(8-11-22)19(23)21-14-16-5-3-9-20-13-16/h2-6,9,12-13,17H,7-8,10-11,14H2,1H3,(H,21,23). The number of carbonyl (C=O) groups excluding carboxylic acids is 1. The fourth-order valence-electron chi connectivity index (χ4n) is 3.12. The van der Waals surface area contributed by atoms with Crippen molar-refractivity contribution in [2.75, 3.05) is 13.1 Å². The van der Waals surface area contributed by atoms with Crippen LogP contribution in [0.25, 0.3) is 0 Å². The number of pyridine rings is 1. The predicted octanol–water partition coefficient (Wildman–Crippen LogP) is 2.11. The van der Waals surface area contributed by atoms with Crippen molar-refractivity contribution in [2.45, 2.75) is 31.2 Å². The Morgan fingerprint density at radius 2 is 2.00 bits per heavy atom. The maximum Gasteiger partial charge on any atom is 0.243 e. The molecule has 0 radical (unpaired) electrons. The second-order valence-electron chi connectivity index (χ2n) is 6.57. The zero-order chi connectivity index (χ0) is 18.6. The van der Waals surface area contributed by atoms with Crippen molar-refractivity contribution in [1.29, 1.82) is 0 Å². The van der Waals surface area contributed by atoms with Crippen LogP contribution in [0, 0.1) is 12.8 Å². The molecule has 3 rings (SSSR count). The topological polar surface area (TPSA) is 79.4 Å². The van der Waals surface area contributed by atoms with E-state index < -0.39 is 10.0 Å². The Labute approximate surface area is 154 Å². The van der Waals surface area contributed by atoms with Gasteiger partial charge in [-0.15, -0.1) is 0 Å². The van der Waals surface area contributed by atoms with Crippen LogP contribution in [0.2, 0.25) is 0 Å². The van der Waals surface area contributed by atoms with Crippen molar-refractivity contribution >= 4 is 15.9 Å². The number of aromatic nitrogens is 1. The molecule has 7 heteroatoms. The lowest BCUT2D eigenvalue weighted by molar-refractivity contribution is -0.126. The molecule has 1 aliphatic rings. The summed E-state index contributed by atoms with van der Waals surface area (Å²) in [5, 5.41) is 2.91. The number of rotatable bonds is 5.